The zero-order valence-corrected chi connectivity index (χ0v) is 9.29. The van der Waals surface area contributed by atoms with Crippen molar-refractivity contribution in [2.24, 2.45) is 5.73 Å². The monoisotopic (exact) mass is 241 g/mol. The van der Waals surface area contributed by atoms with E-state index in [0.717, 1.165) is 11.1 Å². The predicted molar refractivity (Wildman–Crippen MR) is 61.2 cm³/mol. The zero-order valence-electron chi connectivity index (χ0n) is 7.78. The van der Waals surface area contributed by atoms with Crippen LogP contribution in [0.15, 0.2) is 41.2 Å². The van der Waals surface area contributed by atoms with Crippen molar-refractivity contribution in [3.8, 4) is 0 Å². The van der Waals surface area contributed by atoms with E-state index in [-0.39, 0.29) is 6.04 Å². The number of halogens is 2. The average Bonchev–Trinajstić information content (AvgIpc) is 2.74. The molecule has 2 aromatic rings. The van der Waals surface area contributed by atoms with E-state index in [1.807, 2.05) is 18.2 Å². The summed E-state index contributed by atoms with van der Waals surface area (Å²) >= 11 is 12.0. The predicted octanol–water partition coefficient (Wildman–Crippen LogP) is 3.63. The van der Waals surface area contributed by atoms with Gasteiger partial charge in [-0.3, -0.25) is 0 Å². The molecule has 0 fully saturated rings. The maximum Gasteiger partial charge on any atom is 0.0953 e. The Hall–Kier alpha value is -0.960. The summed E-state index contributed by atoms with van der Waals surface area (Å²) in [6.45, 7) is 0. The van der Waals surface area contributed by atoms with Crippen LogP contribution in [0.1, 0.15) is 17.2 Å². The minimum Gasteiger partial charge on any atom is -0.472 e. The van der Waals surface area contributed by atoms with Gasteiger partial charge in [0.05, 0.1) is 28.6 Å². The fourth-order valence-corrected chi connectivity index (χ4v) is 1.82. The summed E-state index contributed by atoms with van der Waals surface area (Å²) in [6, 6.07) is 6.90. The average molecular weight is 242 g/mol. The van der Waals surface area contributed by atoms with Gasteiger partial charge in [0.15, 0.2) is 0 Å². The Morgan fingerprint density at radius 3 is 2.67 bits per heavy atom. The van der Waals surface area contributed by atoms with Gasteiger partial charge < -0.3 is 10.2 Å². The molecule has 1 aromatic carbocycles. The molecule has 1 atom stereocenters. The molecule has 1 unspecified atom stereocenters. The summed E-state index contributed by atoms with van der Waals surface area (Å²) in [5.41, 5.74) is 7.70. The SMILES string of the molecule is NC(c1ccoc1)c1cccc(Cl)c1Cl. The second kappa shape index (κ2) is 4.27. The second-order valence-corrected chi connectivity index (χ2v) is 3.96. The van der Waals surface area contributed by atoms with E-state index in [1.54, 1.807) is 18.6 Å². The van der Waals surface area contributed by atoms with Crippen LogP contribution in [-0.2, 0) is 0 Å². The van der Waals surface area contributed by atoms with Crippen LogP contribution in [-0.4, -0.2) is 0 Å². The van der Waals surface area contributed by atoms with Crippen LogP contribution in [0.4, 0.5) is 0 Å². The molecule has 1 heterocycles. The zero-order chi connectivity index (χ0) is 10.8. The molecular formula is C11H9Cl2NO. The highest BCUT2D eigenvalue weighted by molar-refractivity contribution is 6.42. The molecule has 2 rings (SSSR count). The maximum atomic E-state index is 6.06. The molecule has 0 spiro atoms. The first-order valence-electron chi connectivity index (χ1n) is 4.41. The van der Waals surface area contributed by atoms with Gasteiger partial charge >= 0.3 is 0 Å². The number of hydrogen-bond donors (Lipinski definition) is 1. The van der Waals surface area contributed by atoms with Gasteiger partial charge in [0.2, 0.25) is 0 Å². The molecular weight excluding hydrogens is 233 g/mol. The Morgan fingerprint density at radius 2 is 2.00 bits per heavy atom. The molecule has 2 N–H and O–H groups in total. The summed E-state index contributed by atoms with van der Waals surface area (Å²) in [6.07, 6.45) is 3.18. The Labute approximate surface area is 97.6 Å². The molecule has 0 aliphatic carbocycles. The number of furan rings is 1. The van der Waals surface area contributed by atoms with E-state index in [4.69, 9.17) is 33.4 Å². The van der Waals surface area contributed by atoms with E-state index >= 15 is 0 Å². The van der Waals surface area contributed by atoms with Crippen LogP contribution in [0.25, 0.3) is 0 Å². The van der Waals surface area contributed by atoms with Crippen molar-refractivity contribution >= 4 is 23.2 Å². The highest BCUT2D eigenvalue weighted by atomic mass is 35.5. The summed E-state index contributed by atoms with van der Waals surface area (Å²) in [4.78, 5) is 0. The highest BCUT2D eigenvalue weighted by Gasteiger charge is 2.14. The van der Waals surface area contributed by atoms with Crippen molar-refractivity contribution in [1.82, 2.24) is 0 Å². The first-order valence-corrected chi connectivity index (χ1v) is 5.17. The minimum atomic E-state index is -0.310. The third-order valence-corrected chi connectivity index (χ3v) is 3.05. The molecule has 0 radical (unpaired) electrons. The highest BCUT2D eigenvalue weighted by Crippen LogP contribution is 2.31. The number of rotatable bonds is 2. The largest absolute Gasteiger partial charge is 0.472 e. The van der Waals surface area contributed by atoms with Crippen molar-refractivity contribution in [2.75, 3.05) is 0 Å². The van der Waals surface area contributed by atoms with Crippen molar-refractivity contribution in [1.29, 1.82) is 0 Å². The van der Waals surface area contributed by atoms with Gasteiger partial charge in [0.1, 0.15) is 0 Å². The van der Waals surface area contributed by atoms with Crippen molar-refractivity contribution in [2.45, 2.75) is 6.04 Å². The van der Waals surface area contributed by atoms with E-state index in [0.29, 0.717) is 10.0 Å². The summed E-state index contributed by atoms with van der Waals surface area (Å²) in [5, 5.41) is 1.00. The van der Waals surface area contributed by atoms with Gasteiger partial charge in [-0.25, -0.2) is 0 Å². The number of nitrogens with two attached hydrogens (primary N) is 1. The van der Waals surface area contributed by atoms with Crippen LogP contribution in [0.3, 0.4) is 0 Å². The van der Waals surface area contributed by atoms with Gasteiger partial charge in [-0.05, 0) is 17.7 Å². The topological polar surface area (TPSA) is 39.2 Å². The number of hydrogen-bond acceptors (Lipinski definition) is 2. The fourth-order valence-electron chi connectivity index (χ4n) is 1.39. The van der Waals surface area contributed by atoms with Crippen LogP contribution >= 0.6 is 23.2 Å². The lowest BCUT2D eigenvalue weighted by Gasteiger charge is -2.12. The van der Waals surface area contributed by atoms with E-state index in [1.165, 1.54) is 0 Å². The van der Waals surface area contributed by atoms with E-state index < -0.39 is 0 Å². The Kier molecular flexibility index (Phi) is 3.00. The van der Waals surface area contributed by atoms with Crippen LogP contribution in [0, 0.1) is 0 Å². The minimum absolute atomic E-state index is 0.310. The molecule has 4 heteroatoms. The van der Waals surface area contributed by atoms with Gasteiger partial charge in [-0.1, -0.05) is 35.3 Å². The van der Waals surface area contributed by atoms with Crippen LogP contribution in [0.5, 0.6) is 0 Å². The van der Waals surface area contributed by atoms with E-state index in [9.17, 15) is 0 Å². The third-order valence-electron chi connectivity index (χ3n) is 2.22. The lowest BCUT2D eigenvalue weighted by molar-refractivity contribution is 0.562. The maximum absolute atomic E-state index is 6.06. The quantitative estimate of drug-likeness (QED) is 0.873. The molecule has 78 valence electrons. The Balaban J connectivity index is 2.42. The standard InChI is InChI=1S/C11H9Cl2NO/c12-9-3-1-2-8(10(9)13)11(14)7-4-5-15-6-7/h1-6,11H,14H2. The lowest BCUT2D eigenvalue weighted by Crippen LogP contribution is -2.11. The fraction of sp³-hybridized carbons (Fsp3) is 0.0909. The lowest BCUT2D eigenvalue weighted by atomic mass is 10.0. The molecule has 0 aliphatic heterocycles. The van der Waals surface area contributed by atoms with Crippen molar-refractivity contribution in [3.05, 3.63) is 58.0 Å². The second-order valence-electron chi connectivity index (χ2n) is 3.18. The molecule has 2 nitrogen and oxygen atoms in total. The smallest absolute Gasteiger partial charge is 0.0953 e. The summed E-state index contributed by atoms with van der Waals surface area (Å²) in [5.74, 6) is 0. The van der Waals surface area contributed by atoms with E-state index in [2.05, 4.69) is 0 Å². The first kappa shape index (κ1) is 10.6. The van der Waals surface area contributed by atoms with Gasteiger partial charge in [0, 0.05) is 5.56 Å². The van der Waals surface area contributed by atoms with Crippen molar-refractivity contribution in [3.63, 3.8) is 0 Å². The van der Waals surface area contributed by atoms with Crippen LogP contribution in [0.2, 0.25) is 10.0 Å². The normalized spacial score (nSPS) is 12.7. The third kappa shape index (κ3) is 2.02. The summed E-state index contributed by atoms with van der Waals surface area (Å²) in [7, 11) is 0. The molecule has 0 bridgehead atoms. The summed E-state index contributed by atoms with van der Waals surface area (Å²) < 4.78 is 4.97. The molecule has 0 saturated carbocycles. The van der Waals surface area contributed by atoms with Gasteiger partial charge in [-0.2, -0.15) is 0 Å². The Bertz CT molecular complexity index is 454. The molecule has 0 amide bonds. The first-order chi connectivity index (χ1) is 7.20. The number of benzene rings is 1. The molecule has 15 heavy (non-hydrogen) atoms. The molecule has 0 aliphatic rings. The van der Waals surface area contributed by atoms with Gasteiger partial charge in [-0.15, -0.1) is 0 Å². The molecule has 1 aromatic heterocycles. The molecule has 0 saturated heterocycles. The van der Waals surface area contributed by atoms with Gasteiger partial charge in [0.25, 0.3) is 0 Å². The van der Waals surface area contributed by atoms with Crippen LogP contribution < -0.4 is 5.73 Å². The van der Waals surface area contributed by atoms with Crippen molar-refractivity contribution < 1.29 is 4.42 Å². The Morgan fingerprint density at radius 1 is 1.20 bits per heavy atom.